The van der Waals surface area contributed by atoms with Gasteiger partial charge in [-0.05, 0) is 61.2 Å². The van der Waals surface area contributed by atoms with Crippen molar-refractivity contribution in [2.75, 3.05) is 14.2 Å². The van der Waals surface area contributed by atoms with Crippen LogP contribution in [0.1, 0.15) is 30.5 Å². The Hall–Kier alpha value is -2.00. The molecule has 0 unspecified atom stereocenters. The van der Waals surface area contributed by atoms with Crippen LogP contribution >= 0.6 is 0 Å². The maximum absolute atomic E-state index is 10.4. The number of ether oxygens (including phenoxy) is 2. The highest BCUT2D eigenvalue weighted by Crippen LogP contribution is 2.29. The molecule has 0 saturated heterocycles. The van der Waals surface area contributed by atoms with Crippen LogP contribution in [-0.4, -0.2) is 19.3 Å². The van der Waals surface area contributed by atoms with Gasteiger partial charge in [-0.25, -0.2) is 0 Å². The van der Waals surface area contributed by atoms with Crippen LogP contribution in [0.3, 0.4) is 0 Å². The van der Waals surface area contributed by atoms with E-state index in [4.69, 9.17) is 9.47 Å². The lowest BCUT2D eigenvalue weighted by molar-refractivity contribution is 0.0774. The van der Waals surface area contributed by atoms with Gasteiger partial charge in [0.15, 0.2) is 0 Å². The van der Waals surface area contributed by atoms with E-state index in [1.807, 2.05) is 42.5 Å². The minimum atomic E-state index is -0.906. The van der Waals surface area contributed by atoms with E-state index in [0.717, 1.165) is 29.0 Å². The Kier molecular flexibility index (Phi) is 4.53. The molecule has 0 aliphatic carbocycles. The fourth-order valence-electron chi connectivity index (χ4n) is 2.37. The molecule has 112 valence electrons. The van der Waals surface area contributed by atoms with Crippen LogP contribution in [0.15, 0.2) is 42.5 Å². The first-order valence-corrected chi connectivity index (χ1v) is 6.96. The zero-order chi connectivity index (χ0) is 15.5. The van der Waals surface area contributed by atoms with Crippen LogP contribution in [0.2, 0.25) is 0 Å². The molecule has 0 aliphatic rings. The summed E-state index contributed by atoms with van der Waals surface area (Å²) in [7, 11) is 3.29. The Balaban J connectivity index is 2.34. The number of hydrogen-bond acceptors (Lipinski definition) is 3. The van der Waals surface area contributed by atoms with Crippen LogP contribution in [0.4, 0.5) is 0 Å². The van der Waals surface area contributed by atoms with Gasteiger partial charge in [-0.2, -0.15) is 0 Å². The molecule has 3 heteroatoms. The molecule has 0 radical (unpaired) electrons. The van der Waals surface area contributed by atoms with Gasteiger partial charge in [-0.3, -0.25) is 0 Å². The number of aliphatic hydroxyl groups is 1. The lowest BCUT2D eigenvalue weighted by Crippen LogP contribution is -2.18. The maximum Gasteiger partial charge on any atom is 0.119 e. The molecular formula is C18H22O3. The average Bonchev–Trinajstić information content (AvgIpc) is 2.47. The van der Waals surface area contributed by atoms with E-state index in [0.29, 0.717) is 0 Å². The molecule has 1 N–H and O–H groups in total. The van der Waals surface area contributed by atoms with Crippen molar-refractivity contribution in [1.82, 2.24) is 0 Å². The quantitative estimate of drug-likeness (QED) is 0.914. The number of benzene rings is 2. The second-order valence-corrected chi connectivity index (χ2v) is 5.61. The Morgan fingerprint density at radius 3 is 2.00 bits per heavy atom. The normalized spacial score (nSPS) is 11.3. The van der Waals surface area contributed by atoms with Crippen LogP contribution < -0.4 is 9.47 Å². The van der Waals surface area contributed by atoms with Crippen LogP contribution in [-0.2, 0) is 12.0 Å². The lowest BCUT2D eigenvalue weighted by atomic mass is 9.90. The van der Waals surface area contributed by atoms with Crippen LogP contribution in [0.5, 0.6) is 11.5 Å². The van der Waals surface area contributed by atoms with Gasteiger partial charge in [0.05, 0.1) is 19.8 Å². The van der Waals surface area contributed by atoms with Gasteiger partial charge in [-0.15, -0.1) is 0 Å². The molecule has 21 heavy (non-hydrogen) atoms. The second kappa shape index (κ2) is 6.19. The van der Waals surface area contributed by atoms with Crippen molar-refractivity contribution < 1.29 is 14.6 Å². The number of methoxy groups -OCH3 is 2. The molecule has 0 amide bonds. The molecule has 0 atom stereocenters. The highest BCUT2D eigenvalue weighted by Gasteiger charge is 2.20. The molecule has 0 saturated carbocycles. The third-order valence-corrected chi connectivity index (χ3v) is 3.53. The van der Waals surface area contributed by atoms with E-state index < -0.39 is 5.60 Å². The van der Waals surface area contributed by atoms with E-state index >= 15 is 0 Å². The summed E-state index contributed by atoms with van der Waals surface area (Å²) in [5.41, 5.74) is 2.24. The molecule has 0 fully saturated rings. The predicted molar refractivity (Wildman–Crippen MR) is 84.0 cm³/mol. The van der Waals surface area contributed by atoms with Crippen molar-refractivity contribution in [3.8, 4) is 11.5 Å². The van der Waals surface area contributed by atoms with Gasteiger partial charge in [0, 0.05) is 0 Å². The first-order valence-electron chi connectivity index (χ1n) is 6.96. The van der Waals surface area contributed by atoms with E-state index in [-0.39, 0.29) is 0 Å². The van der Waals surface area contributed by atoms with Crippen molar-refractivity contribution >= 4 is 0 Å². The van der Waals surface area contributed by atoms with E-state index in [2.05, 4.69) is 0 Å². The molecule has 0 aliphatic heterocycles. The van der Waals surface area contributed by atoms with Crippen molar-refractivity contribution in [1.29, 1.82) is 0 Å². The molecule has 0 bridgehead atoms. The van der Waals surface area contributed by atoms with Gasteiger partial charge in [0.25, 0.3) is 0 Å². The summed E-state index contributed by atoms with van der Waals surface area (Å²) in [4.78, 5) is 0. The fourth-order valence-corrected chi connectivity index (χ4v) is 2.37. The molecular weight excluding hydrogens is 264 g/mol. The molecule has 0 spiro atoms. The lowest BCUT2D eigenvalue weighted by Gasteiger charge is -2.22. The van der Waals surface area contributed by atoms with Crippen molar-refractivity contribution in [3.63, 3.8) is 0 Å². The van der Waals surface area contributed by atoms with E-state index in [1.165, 1.54) is 5.56 Å². The Labute approximate surface area is 126 Å². The Morgan fingerprint density at radius 2 is 1.48 bits per heavy atom. The van der Waals surface area contributed by atoms with Gasteiger partial charge >= 0.3 is 0 Å². The number of rotatable bonds is 5. The molecule has 2 aromatic rings. The third-order valence-electron chi connectivity index (χ3n) is 3.53. The first kappa shape index (κ1) is 15.4. The standard InChI is InChI=1S/C18H22O3/c1-18(2,19)17-12-16(21-4)10-7-14(17)11-13-5-8-15(20-3)9-6-13/h5-10,12,19H,11H2,1-4H3. The van der Waals surface area contributed by atoms with Crippen LogP contribution in [0, 0.1) is 0 Å². The first-order chi connectivity index (χ1) is 9.94. The SMILES string of the molecule is COc1ccc(Cc2ccc(OC)cc2C(C)(C)O)cc1. The summed E-state index contributed by atoms with van der Waals surface area (Å²) in [6, 6.07) is 13.8. The van der Waals surface area contributed by atoms with Crippen molar-refractivity contribution in [2.45, 2.75) is 25.9 Å². The summed E-state index contributed by atoms with van der Waals surface area (Å²) in [6.07, 6.45) is 0.757. The molecule has 0 heterocycles. The monoisotopic (exact) mass is 286 g/mol. The summed E-state index contributed by atoms with van der Waals surface area (Å²) in [6.45, 7) is 3.58. The summed E-state index contributed by atoms with van der Waals surface area (Å²) in [5.74, 6) is 1.60. The summed E-state index contributed by atoms with van der Waals surface area (Å²) >= 11 is 0. The van der Waals surface area contributed by atoms with E-state index in [9.17, 15) is 5.11 Å². The van der Waals surface area contributed by atoms with Gasteiger partial charge in [0.1, 0.15) is 11.5 Å². The largest absolute Gasteiger partial charge is 0.497 e. The third kappa shape index (κ3) is 3.76. The Morgan fingerprint density at radius 1 is 0.905 bits per heavy atom. The zero-order valence-corrected chi connectivity index (χ0v) is 13.0. The Bertz CT molecular complexity index is 595. The predicted octanol–water partition coefficient (Wildman–Crippen LogP) is 3.52. The molecule has 3 nitrogen and oxygen atoms in total. The molecule has 2 rings (SSSR count). The van der Waals surface area contributed by atoms with Gasteiger partial charge < -0.3 is 14.6 Å². The smallest absolute Gasteiger partial charge is 0.119 e. The number of hydrogen-bond donors (Lipinski definition) is 1. The van der Waals surface area contributed by atoms with E-state index in [1.54, 1.807) is 28.1 Å². The maximum atomic E-state index is 10.4. The summed E-state index contributed by atoms with van der Waals surface area (Å²) < 4.78 is 10.4. The van der Waals surface area contributed by atoms with Gasteiger partial charge in [0.2, 0.25) is 0 Å². The zero-order valence-electron chi connectivity index (χ0n) is 13.0. The van der Waals surface area contributed by atoms with Crippen LogP contribution in [0.25, 0.3) is 0 Å². The average molecular weight is 286 g/mol. The summed E-state index contributed by atoms with van der Waals surface area (Å²) in [5, 5.41) is 10.4. The highest BCUT2D eigenvalue weighted by molar-refractivity contribution is 5.42. The molecule has 2 aromatic carbocycles. The topological polar surface area (TPSA) is 38.7 Å². The fraction of sp³-hybridized carbons (Fsp3) is 0.333. The molecule has 0 aromatic heterocycles. The highest BCUT2D eigenvalue weighted by atomic mass is 16.5. The minimum absolute atomic E-state index is 0.755. The van der Waals surface area contributed by atoms with Gasteiger partial charge in [-0.1, -0.05) is 18.2 Å². The van der Waals surface area contributed by atoms with Crippen molar-refractivity contribution in [2.24, 2.45) is 0 Å². The second-order valence-electron chi connectivity index (χ2n) is 5.61. The van der Waals surface area contributed by atoms with Crippen molar-refractivity contribution in [3.05, 3.63) is 59.2 Å². The minimum Gasteiger partial charge on any atom is -0.497 e.